The molecule has 3 heterocycles. The van der Waals surface area contributed by atoms with Crippen molar-refractivity contribution in [3.63, 3.8) is 0 Å². The fourth-order valence-electron chi connectivity index (χ4n) is 3.67. The van der Waals surface area contributed by atoms with Crippen molar-refractivity contribution < 1.29 is 30.4 Å². The predicted octanol–water partition coefficient (Wildman–Crippen LogP) is 3.85. The van der Waals surface area contributed by atoms with Crippen LogP contribution in [0.3, 0.4) is 0 Å². The minimum Gasteiger partial charge on any atom is -0.814 e. The van der Waals surface area contributed by atoms with E-state index in [1.54, 1.807) is 0 Å². The summed E-state index contributed by atoms with van der Waals surface area (Å²) in [5, 5.41) is 22.4. The maximum Gasteiger partial charge on any atom is 2.00 e. The SMILES string of the molecule is Cc1cc(C)n([B-](n2nc(C)cc2C)n2nc(C)cc2C)n1.[C-]#[O+].[C-]#[O+].[N-]=CCc1ccccc1.[W+2]. The van der Waals surface area contributed by atoms with Crippen molar-refractivity contribution >= 4 is 13.3 Å². The smallest absolute Gasteiger partial charge is 0.814 e. The summed E-state index contributed by atoms with van der Waals surface area (Å²) in [5.74, 6) is 0. The molecule has 11 heteroatoms. The predicted molar refractivity (Wildman–Crippen MR) is 134 cm³/mol. The van der Waals surface area contributed by atoms with E-state index in [0.29, 0.717) is 6.42 Å². The van der Waals surface area contributed by atoms with Crippen LogP contribution in [0.2, 0.25) is 0 Å². The fraction of sp³-hybridized carbons (Fsp3) is 0.280. The van der Waals surface area contributed by atoms with Gasteiger partial charge < -0.3 is 19.2 Å². The molecule has 0 aliphatic heterocycles. The molecule has 3 aromatic heterocycles. The minimum absolute atomic E-state index is 0. The van der Waals surface area contributed by atoms with E-state index < -0.39 is 0 Å². The van der Waals surface area contributed by atoms with Crippen LogP contribution < -0.4 is 0 Å². The van der Waals surface area contributed by atoms with Crippen molar-refractivity contribution in [2.45, 2.75) is 48.0 Å². The second-order valence-electron chi connectivity index (χ2n) is 7.83. The van der Waals surface area contributed by atoms with E-state index in [-0.39, 0.29) is 28.2 Å². The molecular formula is C25H29BN7O2W. The van der Waals surface area contributed by atoms with Gasteiger partial charge in [-0.3, -0.25) is 0 Å². The van der Waals surface area contributed by atoms with Gasteiger partial charge in [0, 0.05) is 0 Å². The van der Waals surface area contributed by atoms with Gasteiger partial charge in [0.15, 0.2) is 0 Å². The molecule has 36 heavy (non-hydrogen) atoms. The van der Waals surface area contributed by atoms with Crippen molar-refractivity contribution in [1.82, 2.24) is 29.1 Å². The van der Waals surface area contributed by atoms with Crippen LogP contribution in [0.5, 0.6) is 0 Å². The molecule has 9 nitrogen and oxygen atoms in total. The third-order valence-corrected chi connectivity index (χ3v) is 4.96. The summed E-state index contributed by atoms with van der Waals surface area (Å²) in [7, 11) is -0.226. The van der Waals surface area contributed by atoms with Crippen LogP contribution in [-0.2, 0) is 36.8 Å². The Morgan fingerprint density at radius 3 is 1.31 bits per heavy atom. The van der Waals surface area contributed by atoms with Crippen molar-refractivity contribution in [2.24, 2.45) is 0 Å². The summed E-state index contributed by atoms with van der Waals surface area (Å²) in [4.78, 5) is 0. The molecule has 0 fully saturated rings. The maximum atomic E-state index is 8.39. The van der Waals surface area contributed by atoms with Gasteiger partial charge in [0.2, 0.25) is 0 Å². The molecule has 0 bridgehead atoms. The van der Waals surface area contributed by atoms with Gasteiger partial charge in [0.1, 0.15) is 0 Å². The topological polar surface area (TPSA) is 116 Å². The molecule has 1 radical (unpaired) electrons. The molecule has 0 N–H and O–H groups in total. The Bertz CT molecular complexity index is 1140. The fourth-order valence-corrected chi connectivity index (χ4v) is 3.67. The molecule has 0 aliphatic carbocycles. The first-order valence-corrected chi connectivity index (χ1v) is 10.8. The largest absolute Gasteiger partial charge is 2.00 e. The third kappa shape index (κ3) is 8.76. The standard InChI is InChI=1S/C15H21BN6.C8H8N.2CO.W/c1-10-7-13(4)20(17-10)16(21-14(5)8-11(2)18-21)22-15(6)9-12(3)19-22;9-7-6-8-4-2-1-3-5-8;2*1-2;/h7-9H,1-6H3;1-5,7H,6H2;;;/q2*-1;;;+2. The Morgan fingerprint density at radius 1 is 0.722 bits per heavy atom. The second kappa shape index (κ2) is 16.4. The normalized spacial score (nSPS) is 9.42. The van der Waals surface area contributed by atoms with E-state index in [1.807, 2.05) is 64.9 Å². The molecule has 0 atom stereocenters. The van der Waals surface area contributed by atoms with Crippen LogP contribution in [0.25, 0.3) is 5.41 Å². The van der Waals surface area contributed by atoms with E-state index in [1.165, 1.54) is 0 Å². The molecule has 0 aliphatic rings. The van der Waals surface area contributed by atoms with Crippen molar-refractivity contribution in [2.75, 3.05) is 0 Å². The zero-order valence-corrected chi connectivity index (χ0v) is 24.3. The van der Waals surface area contributed by atoms with Crippen LogP contribution in [0, 0.1) is 54.8 Å². The van der Waals surface area contributed by atoms with Gasteiger partial charge >= 0.3 is 43.7 Å². The van der Waals surface area contributed by atoms with Gasteiger partial charge in [-0.2, -0.15) is 0 Å². The average molecular weight is 654 g/mol. The summed E-state index contributed by atoms with van der Waals surface area (Å²) in [5.41, 5.74) is 7.37. The monoisotopic (exact) mass is 654 g/mol. The van der Waals surface area contributed by atoms with Gasteiger partial charge in [0.05, 0.1) is 17.1 Å². The van der Waals surface area contributed by atoms with Gasteiger partial charge in [-0.15, -0.1) is 0 Å². The third-order valence-electron chi connectivity index (χ3n) is 4.96. The molecule has 0 spiro atoms. The van der Waals surface area contributed by atoms with Crippen LogP contribution in [0.1, 0.15) is 39.7 Å². The number of aryl methyl sites for hydroxylation is 6. The number of benzene rings is 1. The molecule has 4 rings (SSSR count). The van der Waals surface area contributed by atoms with E-state index in [0.717, 1.165) is 45.9 Å². The first-order chi connectivity index (χ1) is 16.8. The van der Waals surface area contributed by atoms with Gasteiger partial charge in [0.25, 0.3) is 7.12 Å². The molecule has 0 amide bonds. The summed E-state index contributed by atoms with van der Waals surface area (Å²) >= 11 is 0. The van der Waals surface area contributed by atoms with E-state index in [2.05, 4.69) is 67.6 Å². The minimum atomic E-state index is -0.226. The molecule has 0 saturated heterocycles. The number of aromatic nitrogens is 6. The molecular weight excluding hydrogens is 625 g/mol. The zero-order chi connectivity index (χ0) is 26.5. The summed E-state index contributed by atoms with van der Waals surface area (Å²) in [6, 6.07) is 16.1. The van der Waals surface area contributed by atoms with Crippen molar-refractivity contribution in [3.05, 3.63) is 107 Å². The van der Waals surface area contributed by atoms with Crippen LogP contribution in [0.15, 0.2) is 48.5 Å². The van der Waals surface area contributed by atoms with Gasteiger partial charge in [-0.25, -0.2) is 21.5 Å². The molecule has 4 aromatic rings. The van der Waals surface area contributed by atoms with E-state index >= 15 is 0 Å². The summed E-state index contributed by atoms with van der Waals surface area (Å²) in [6.45, 7) is 21.2. The molecule has 0 unspecified atom stereocenters. The number of hydrogen-bond acceptors (Lipinski definition) is 3. The Morgan fingerprint density at radius 2 is 1.06 bits per heavy atom. The maximum absolute atomic E-state index is 8.39. The number of nitrogens with zero attached hydrogens (tertiary/aromatic N) is 7. The Kier molecular flexibility index (Phi) is 14.9. The Balaban J connectivity index is 0.000000737. The first kappa shape index (κ1) is 32.8. The van der Waals surface area contributed by atoms with Crippen LogP contribution in [-0.4, -0.2) is 42.4 Å². The van der Waals surface area contributed by atoms with Crippen LogP contribution >= 0.6 is 0 Å². The van der Waals surface area contributed by atoms with E-state index in [9.17, 15) is 0 Å². The average Bonchev–Trinajstić information content (AvgIpc) is 3.48. The molecule has 0 saturated carbocycles. The number of rotatable bonds is 5. The first-order valence-electron chi connectivity index (χ1n) is 10.8. The molecule has 185 valence electrons. The Hall–Kier alpha value is -3.25. The van der Waals surface area contributed by atoms with Crippen molar-refractivity contribution in [3.8, 4) is 0 Å². The quantitative estimate of drug-likeness (QED) is 0.141. The van der Waals surface area contributed by atoms with Gasteiger partial charge in [-0.05, 0) is 88.8 Å². The van der Waals surface area contributed by atoms with Crippen LogP contribution in [0.4, 0.5) is 0 Å². The van der Waals surface area contributed by atoms with Gasteiger partial charge in [-0.1, -0.05) is 30.3 Å². The second-order valence-corrected chi connectivity index (χ2v) is 7.83. The van der Waals surface area contributed by atoms with E-state index in [4.69, 9.17) is 14.7 Å². The number of hydrogen-bond donors (Lipinski definition) is 0. The Labute approximate surface area is 227 Å². The summed E-state index contributed by atoms with van der Waals surface area (Å²) < 4.78 is 20.9. The summed E-state index contributed by atoms with van der Waals surface area (Å²) in [6.07, 6.45) is 1.80. The molecule has 1 aromatic carbocycles. The zero-order valence-electron chi connectivity index (χ0n) is 21.3. The van der Waals surface area contributed by atoms with Crippen molar-refractivity contribution in [1.29, 1.82) is 0 Å².